The van der Waals surface area contributed by atoms with Gasteiger partial charge in [-0.05, 0) is 30.7 Å². The summed E-state index contributed by atoms with van der Waals surface area (Å²) in [6.45, 7) is 0.622. The van der Waals surface area contributed by atoms with Crippen molar-refractivity contribution in [1.29, 1.82) is 0 Å². The zero-order valence-electron chi connectivity index (χ0n) is 7.48. The number of halogens is 2. The summed E-state index contributed by atoms with van der Waals surface area (Å²) in [5.41, 5.74) is 7.60. The highest BCUT2D eigenvalue weighted by Crippen LogP contribution is 2.29. The topological polar surface area (TPSA) is 41.8 Å². The van der Waals surface area contributed by atoms with Gasteiger partial charge >= 0.3 is 0 Å². The predicted octanol–water partition coefficient (Wildman–Crippen LogP) is 3.61. The lowest BCUT2D eigenvalue weighted by molar-refractivity contribution is 0.976. The van der Waals surface area contributed by atoms with Gasteiger partial charge in [-0.25, -0.2) is 0 Å². The molecule has 0 aliphatic rings. The van der Waals surface area contributed by atoms with Gasteiger partial charge in [0.2, 0.25) is 0 Å². The molecule has 2 rings (SSSR count). The fourth-order valence-corrected chi connectivity index (χ4v) is 2.12. The number of hydrogen-bond donors (Lipinski definition) is 2. The van der Waals surface area contributed by atoms with E-state index >= 15 is 0 Å². The molecule has 3 N–H and O–H groups in total. The summed E-state index contributed by atoms with van der Waals surface area (Å²) in [5, 5.41) is 2.36. The first-order valence-electron chi connectivity index (χ1n) is 4.37. The minimum atomic E-state index is 0. The van der Waals surface area contributed by atoms with E-state index in [4.69, 9.17) is 28.9 Å². The van der Waals surface area contributed by atoms with Crippen molar-refractivity contribution < 1.29 is 0 Å². The highest BCUT2D eigenvalue weighted by atomic mass is 35.5. The first-order valence-corrected chi connectivity index (χ1v) is 5.13. The molecular formula is C11H14Cl2N2. The van der Waals surface area contributed by atoms with E-state index in [2.05, 4.69) is 4.98 Å². The van der Waals surface area contributed by atoms with E-state index in [0.717, 1.165) is 22.9 Å². The Morgan fingerprint density at radius 1 is 1.27 bits per heavy atom. The van der Waals surface area contributed by atoms with Gasteiger partial charge in [-0.15, -0.1) is 0 Å². The monoisotopic (exact) mass is 244 g/mol. The van der Waals surface area contributed by atoms with E-state index in [-0.39, 0.29) is 7.43 Å². The van der Waals surface area contributed by atoms with Crippen LogP contribution < -0.4 is 5.73 Å². The van der Waals surface area contributed by atoms with Gasteiger partial charge in [0, 0.05) is 16.6 Å². The van der Waals surface area contributed by atoms with Crippen LogP contribution in [-0.2, 0) is 6.42 Å². The normalized spacial score (nSPS) is 10.3. The number of rotatable bonds is 2. The van der Waals surface area contributed by atoms with E-state index in [1.165, 1.54) is 0 Å². The Kier molecular flexibility index (Phi) is 4.03. The highest BCUT2D eigenvalue weighted by Gasteiger charge is 2.07. The average molecular weight is 245 g/mol. The van der Waals surface area contributed by atoms with Gasteiger partial charge in [0.05, 0.1) is 10.5 Å². The third-order valence-corrected chi connectivity index (χ3v) is 2.72. The molecular weight excluding hydrogens is 231 g/mol. The highest BCUT2D eigenvalue weighted by molar-refractivity contribution is 6.38. The second-order valence-corrected chi connectivity index (χ2v) is 4.01. The lowest BCUT2D eigenvalue weighted by Gasteiger charge is -1.98. The predicted molar refractivity (Wildman–Crippen MR) is 67.8 cm³/mol. The lowest BCUT2D eigenvalue weighted by atomic mass is 10.1. The summed E-state index contributed by atoms with van der Waals surface area (Å²) in [7, 11) is 0. The summed E-state index contributed by atoms with van der Waals surface area (Å²) < 4.78 is 0. The summed E-state index contributed by atoms with van der Waals surface area (Å²) >= 11 is 12.0. The molecule has 0 atom stereocenters. The van der Waals surface area contributed by atoms with Crippen LogP contribution in [0.4, 0.5) is 0 Å². The molecule has 0 radical (unpaired) electrons. The molecule has 2 aromatic rings. The minimum absolute atomic E-state index is 0. The first kappa shape index (κ1) is 12.4. The molecule has 0 saturated heterocycles. The second-order valence-electron chi connectivity index (χ2n) is 3.16. The molecule has 0 saturated carbocycles. The molecule has 0 unspecified atom stereocenters. The van der Waals surface area contributed by atoms with Gasteiger partial charge in [0.25, 0.3) is 0 Å². The number of benzene rings is 1. The number of aromatic nitrogens is 1. The Morgan fingerprint density at radius 3 is 2.67 bits per heavy atom. The Bertz CT molecular complexity index is 463. The molecule has 1 heterocycles. The molecule has 1 aromatic carbocycles. The standard InChI is InChI=1S/C10H10Cl2N2.CH4/c11-7-3-8-6(1-2-13)5-14-10(8)9(12)4-7;/h3-5,14H,1-2,13H2;1H4. The SMILES string of the molecule is C.NCCc1c[nH]c2c(Cl)cc(Cl)cc12. The maximum absolute atomic E-state index is 6.03. The van der Waals surface area contributed by atoms with Crippen LogP contribution in [0.25, 0.3) is 10.9 Å². The van der Waals surface area contributed by atoms with E-state index < -0.39 is 0 Å². The van der Waals surface area contributed by atoms with Crippen molar-refractivity contribution in [3.8, 4) is 0 Å². The van der Waals surface area contributed by atoms with Crippen molar-refractivity contribution in [2.45, 2.75) is 13.8 Å². The minimum Gasteiger partial charge on any atom is -0.360 e. The van der Waals surface area contributed by atoms with Crippen LogP contribution in [0.5, 0.6) is 0 Å². The number of aromatic amines is 1. The summed E-state index contributed by atoms with van der Waals surface area (Å²) in [6.07, 6.45) is 2.76. The summed E-state index contributed by atoms with van der Waals surface area (Å²) in [5.74, 6) is 0. The molecule has 2 nitrogen and oxygen atoms in total. The van der Waals surface area contributed by atoms with Gasteiger partial charge in [-0.1, -0.05) is 30.6 Å². The van der Waals surface area contributed by atoms with E-state index in [9.17, 15) is 0 Å². The zero-order chi connectivity index (χ0) is 10.1. The Morgan fingerprint density at radius 2 is 2.00 bits per heavy atom. The van der Waals surface area contributed by atoms with Crippen LogP contribution in [0, 0.1) is 0 Å². The van der Waals surface area contributed by atoms with Crippen molar-refractivity contribution in [1.82, 2.24) is 4.98 Å². The second kappa shape index (κ2) is 4.88. The van der Waals surface area contributed by atoms with Gasteiger partial charge in [-0.3, -0.25) is 0 Å². The Hall–Kier alpha value is -0.700. The molecule has 0 aliphatic carbocycles. The van der Waals surface area contributed by atoms with Crippen LogP contribution in [0.2, 0.25) is 10.0 Å². The average Bonchev–Trinajstić information content (AvgIpc) is 2.49. The van der Waals surface area contributed by atoms with E-state index in [1.54, 1.807) is 6.07 Å². The van der Waals surface area contributed by atoms with Crippen LogP contribution in [0.15, 0.2) is 18.3 Å². The molecule has 1 aromatic heterocycles. The summed E-state index contributed by atoms with van der Waals surface area (Å²) in [4.78, 5) is 3.12. The molecule has 0 spiro atoms. The number of hydrogen-bond acceptors (Lipinski definition) is 1. The van der Waals surface area contributed by atoms with Crippen LogP contribution in [-0.4, -0.2) is 11.5 Å². The Labute approximate surface area is 99.4 Å². The third kappa shape index (κ3) is 2.28. The van der Waals surface area contributed by atoms with Gasteiger partial charge < -0.3 is 10.7 Å². The molecule has 15 heavy (non-hydrogen) atoms. The van der Waals surface area contributed by atoms with Crippen molar-refractivity contribution in [3.05, 3.63) is 33.9 Å². The zero-order valence-corrected chi connectivity index (χ0v) is 8.99. The Balaban J connectivity index is 0.00000112. The van der Waals surface area contributed by atoms with Crippen LogP contribution >= 0.6 is 23.2 Å². The van der Waals surface area contributed by atoms with Crippen molar-refractivity contribution in [3.63, 3.8) is 0 Å². The fraction of sp³-hybridized carbons (Fsp3) is 0.273. The smallest absolute Gasteiger partial charge is 0.0661 e. The number of H-pyrrole nitrogens is 1. The van der Waals surface area contributed by atoms with Gasteiger partial charge in [0.1, 0.15) is 0 Å². The summed E-state index contributed by atoms with van der Waals surface area (Å²) in [6, 6.07) is 3.64. The lowest BCUT2D eigenvalue weighted by Crippen LogP contribution is -2.01. The van der Waals surface area contributed by atoms with Crippen molar-refractivity contribution >= 4 is 34.1 Å². The van der Waals surface area contributed by atoms with Crippen LogP contribution in [0.1, 0.15) is 13.0 Å². The van der Waals surface area contributed by atoms with E-state index in [1.807, 2.05) is 12.3 Å². The third-order valence-electron chi connectivity index (χ3n) is 2.21. The molecule has 0 bridgehead atoms. The number of nitrogens with one attached hydrogen (secondary N) is 1. The van der Waals surface area contributed by atoms with Crippen LogP contribution in [0.3, 0.4) is 0 Å². The van der Waals surface area contributed by atoms with E-state index in [0.29, 0.717) is 16.6 Å². The van der Waals surface area contributed by atoms with Crippen molar-refractivity contribution in [2.24, 2.45) is 5.73 Å². The largest absolute Gasteiger partial charge is 0.360 e. The molecule has 0 aliphatic heterocycles. The first-order chi connectivity index (χ1) is 6.72. The maximum atomic E-state index is 6.03. The van der Waals surface area contributed by atoms with Crippen molar-refractivity contribution in [2.75, 3.05) is 6.54 Å². The van der Waals surface area contributed by atoms with Gasteiger partial charge in [-0.2, -0.15) is 0 Å². The quantitative estimate of drug-likeness (QED) is 0.833. The molecule has 4 heteroatoms. The number of nitrogens with two attached hydrogens (primary N) is 1. The molecule has 82 valence electrons. The molecule has 0 fully saturated rings. The fourth-order valence-electron chi connectivity index (χ4n) is 1.57. The molecule has 0 amide bonds. The number of fused-ring (bicyclic) bond motifs is 1. The van der Waals surface area contributed by atoms with Gasteiger partial charge in [0.15, 0.2) is 0 Å². The maximum Gasteiger partial charge on any atom is 0.0661 e.